The summed E-state index contributed by atoms with van der Waals surface area (Å²) >= 11 is 0. The van der Waals surface area contributed by atoms with Gasteiger partial charge in [-0.15, -0.1) is 0 Å². The fourth-order valence-corrected chi connectivity index (χ4v) is 8.89. The van der Waals surface area contributed by atoms with E-state index in [1.54, 1.807) is 0 Å². The van der Waals surface area contributed by atoms with Crippen LogP contribution in [0.15, 0.2) is 12.2 Å². The van der Waals surface area contributed by atoms with E-state index < -0.39 is 6.10 Å². The Balaban J connectivity index is 3.69. The molecule has 0 radical (unpaired) electrons. The van der Waals surface area contributed by atoms with Crippen molar-refractivity contribution in [2.24, 2.45) is 11.3 Å². The number of hydrogen-bond acceptors (Lipinski definition) is 2. The number of carbonyl (C=O) groups is 1. The van der Waals surface area contributed by atoms with Crippen LogP contribution in [0.5, 0.6) is 0 Å². The lowest BCUT2D eigenvalue weighted by Crippen LogP contribution is -2.36. The number of aliphatic hydroxyl groups excluding tert-OH is 1. The van der Waals surface area contributed by atoms with Crippen molar-refractivity contribution < 1.29 is 9.90 Å². The molecule has 0 bridgehead atoms. The summed E-state index contributed by atoms with van der Waals surface area (Å²) in [4.78, 5) is 13.3. The highest BCUT2D eigenvalue weighted by molar-refractivity contribution is 5.86. The molecule has 0 aliphatic rings. The van der Waals surface area contributed by atoms with E-state index in [9.17, 15) is 9.90 Å². The molecule has 0 aromatic heterocycles. The van der Waals surface area contributed by atoms with Gasteiger partial charge in [-0.3, -0.25) is 4.79 Å². The van der Waals surface area contributed by atoms with Gasteiger partial charge in [0.15, 0.2) is 0 Å². The minimum Gasteiger partial charge on any atom is -0.392 e. The second-order valence-corrected chi connectivity index (χ2v) is 19.8. The Hall–Kier alpha value is -0.630. The van der Waals surface area contributed by atoms with Gasteiger partial charge in [-0.1, -0.05) is 291 Å². The summed E-state index contributed by atoms with van der Waals surface area (Å²) in [5, 5.41) is 11.2. The molecule has 0 aromatic rings. The third kappa shape index (κ3) is 41.9. The lowest BCUT2D eigenvalue weighted by Gasteiger charge is -2.28. The summed E-state index contributed by atoms with van der Waals surface area (Å²) in [6, 6.07) is 0. The SMILES string of the molecule is CCCCCC/C=C/CCCCCCCCCCCCCCCCCCCC(O)C(CCCCCCCCCCCCCCCCCCCCC)C(=O)C(C)(C)C. The van der Waals surface area contributed by atoms with Crippen molar-refractivity contribution >= 4 is 5.78 Å². The third-order valence-corrected chi connectivity index (χ3v) is 12.9. The fraction of sp³-hybridized carbons (Fsp3) is 0.945. The van der Waals surface area contributed by atoms with E-state index in [0.29, 0.717) is 0 Å². The first-order valence-electron chi connectivity index (χ1n) is 26.7. The van der Waals surface area contributed by atoms with Crippen molar-refractivity contribution in [2.45, 2.75) is 323 Å². The zero-order chi connectivity index (χ0) is 41.8. The molecule has 0 heterocycles. The largest absolute Gasteiger partial charge is 0.392 e. The molecule has 0 rings (SSSR count). The molecule has 57 heavy (non-hydrogen) atoms. The molecule has 0 fully saturated rings. The minimum absolute atomic E-state index is 0.178. The molecule has 0 aliphatic carbocycles. The van der Waals surface area contributed by atoms with Gasteiger partial charge in [-0.05, 0) is 38.5 Å². The van der Waals surface area contributed by atoms with Gasteiger partial charge in [0.1, 0.15) is 5.78 Å². The first-order valence-corrected chi connectivity index (χ1v) is 26.7. The molecular formula is C55H108O2. The number of Topliss-reactive ketones (excluding diaryl/α,β-unsaturated/α-hetero) is 1. The van der Waals surface area contributed by atoms with Gasteiger partial charge >= 0.3 is 0 Å². The van der Waals surface area contributed by atoms with Crippen molar-refractivity contribution in [1.29, 1.82) is 0 Å². The molecule has 340 valence electrons. The summed E-state index contributed by atoms with van der Waals surface area (Å²) < 4.78 is 0. The summed E-state index contributed by atoms with van der Waals surface area (Å²) in [5.41, 5.74) is -0.371. The van der Waals surface area contributed by atoms with Gasteiger partial charge in [-0.25, -0.2) is 0 Å². The number of aliphatic hydroxyl groups is 1. The molecule has 2 heteroatoms. The van der Waals surface area contributed by atoms with E-state index in [1.807, 2.05) is 20.8 Å². The van der Waals surface area contributed by atoms with Crippen molar-refractivity contribution in [2.75, 3.05) is 0 Å². The Morgan fingerprint density at radius 1 is 0.368 bits per heavy atom. The summed E-state index contributed by atoms with van der Waals surface area (Å²) in [5.74, 6) is 0.0954. The van der Waals surface area contributed by atoms with Gasteiger partial charge < -0.3 is 5.11 Å². The molecule has 0 saturated heterocycles. The van der Waals surface area contributed by atoms with Gasteiger partial charge in [0.2, 0.25) is 0 Å². The lowest BCUT2D eigenvalue weighted by molar-refractivity contribution is -0.134. The van der Waals surface area contributed by atoms with E-state index >= 15 is 0 Å². The van der Waals surface area contributed by atoms with Crippen molar-refractivity contribution in [3.05, 3.63) is 12.2 Å². The highest BCUT2D eigenvalue weighted by Gasteiger charge is 2.33. The molecule has 0 amide bonds. The number of unbranched alkanes of at least 4 members (excludes halogenated alkanes) is 39. The fourth-order valence-electron chi connectivity index (χ4n) is 8.89. The highest BCUT2D eigenvalue weighted by Crippen LogP contribution is 2.29. The predicted octanol–water partition coefficient (Wildman–Crippen LogP) is 19.3. The van der Waals surface area contributed by atoms with E-state index in [1.165, 1.54) is 257 Å². The van der Waals surface area contributed by atoms with Crippen molar-refractivity contribution in [1.82, 2.24) is 0 Å². The van der Waals surface area contributed by atoms with Crippen LogP contribution in [0.3, 0.4) is 0 Å². The van der Waals surface area contributed by atoms with E-state index in [-0.39, 0.29) is 17.1 Å². The molecule has 0 aromatic carbocycles. The maximum absolute atomic E-state index is 13.3. The van der Waals surface area contributed by atoms with Crippen LogP contribution in [0, 0.1) is 11.3 Å². The zero-order valence-electron chi connectivity index (χ0n) is 40.3. The summed E-state index contributed by atoms with van der Waals surface area (Å²) in [7, 11) is 0. The van der Waals surface area contributed by atoms with Crippen LogP contribution < -0.4 is 0 Å². The average molecular weight is 801 g/mol. The van der Waals surface area contributed by atoms with Gasteiger partial charge in [-0.2, -0.15) is 0 Å². The second kappa shape index (κ2) is 44.9. The molecule has 0 spiro atoms. The number of hydrogen-bond donors (Lipinski definition) is 1. The Morgan fingerprint density at radius 2 is 0.596 bits per heavy atom. The first-order chi connectivity index (χ1) is 27.8. The van der Waals surface area contributed by atoms with E-state index in [4.69, 9.17) is 0 Å². The Morgan fingerprint density at radius 3 is 0.877 bits per heavy atom. The van der Waals surface area contributed by atoms with Crippen molar-refractivity contribution in [3.63, 3.8) is 0 Å². The molecule has 1 N–H and O–H groups in total. The quantitative estimate of drug-likeness (QED) is 0.0492. The molecule has 0 aliphatic heterocycles. The minimum atomic E-state index is -0.463. The first kappa shape index (κ1) is 56.4. The van der Waals surface area contributed by atoms with Crippen LogP contribution in [0.25, 0.3) is 0 Å². The maximum Gasteiger partial charge on any atom is 0.143 e. The van der Waals surface area contributed by atoms with Crippen LogP contribution in [0.1, 0.15) is 317 Å². The van der Waals surface area contributed by atoms with Gasteiger partial charge in [0.05, 0.1) is 6.10 Å². The standard InChI is InChI=1S/C55H108O2/c1-6-8-10-12-14-16-18-20-22-24-26-27-28-29-30-31-33-35-37-39-41-43-45-47-49-51-53(56)52(54(57)55(3,4)5)50-48-46-44-42-40-38-36-34-32-25-23-21-19-17-15-13-11-9-7-2/h16,18,52-53,56H,6-15,17,19-51H2,1-5H3/b18-16+. The molecule has 2 unspecified atom stereocenters. The highest BCUT2D eigenvalue weighted by atomic mass is 16.3. The van der Waals surface area contributed by atoms with Crippen LogP contribution in [0.2, 0.25) is 0 Å². The number of allylic oxidation sites excluding steroid dienone is 2. The Bertz CT molecular complexity index is 808. The topological polar surface area (TPSA) is 37.3 Å². The molecule has 0 saturated carbocycles. The second-order valence-electron chi connectivity index (χ2n) is 19.8. The third-order valence-electron chi connectivity index (χ3n) is 12.9. The van der Waals surface area contributed by atoms with E-state index in [2.05, 4.69) is 26.0 Å². The van der Waals surface area contributed by atoms with E-state index in [0.717, 1.165) is 25.7 Å². The monoisotopic (exact) mass is 801 g/mol. The predicted molar refractivity (Wildman–Crippen MR) is 258 cm³/mol. The van der Waals surface area contributed by atoms with Crippen LogP contribution >= 0.6 is 0 Å². The van der Waals surface area contributed by atoms with Crippen LogP contribution in [-0.2, 0) is 4.79 Å². The van der Waals surface area contributed by atoms with Crippen molar-refractivity contribution in [3.8, 4) is 0 Å². The molecule has 2 nitrogen and oxygen atoms in total. The van der Waals surface area contributed by atoms with Gasteiger partial charge in [0.25, 0.3) is 0 Å². The number of rotatable bonds is 47. The smallest absolute Gasteiger partial charge is 0.143 e. The number of ketones is 1. The molecular weight excluding hydrogens is 693 g/mol. The maximum atomic E-state index is 13.3. The summed E-state index contributed by atoms with van der Waals surface area (Å²) in [6.07, 6.45) is 63.7. The van der Waals surface area contributed by atoms with Crippen LogP contribution in [-0.4, -0.2) is 17.0 Å². The Kier molecular flexibility index (Phi) is 44.4. The average Bonchev–Trinajstić information content (AvgIpc) is 3.19. The summed E-state index contributed by atoms with van der Waals surface area (Å²) in [6.45, 7) is 10.7. The number of carbonyl (C=O) groups excluding carboxylic acids is 1. The Labute approximate surface area is 361 Å². The molecule has 2 atom stereocenters. The van der Waals surface area contributed by atoms with Gasteiger partial charge in [0, 0.05) is 11.3 Å². The van der Waals surface area contributed by atoms with Crippen LogP contribution in [0.4, 0.5) is 0 Å². The normalized spacial score (nSPS) is 13.2. The zero-order valence-corrected chi connectivity index (χ0v) is 40.3. The lowest BCUT2D eigenvalue weighted by atomic mass is 9.77.